The van der Waals surface area contributed by atoms with E-state index in [0.717, 1.165) is 15.9 Å². The van der Waals surface area contributed by atoms with Gasteiger partial charge in [0.2, 0.25) is 0 Å². The van der Waals surface area contributed by atoms with Gasteiger partial charge in [-0.1, -0.05) is 54.6 Å². The van der Waals surface area contributed by atoms with E-state index in [1.165, 1.54) is 0 Å². The molecule has 0 aliphatic carbocycles. The molecule has 0 unspecified atom stereocenters. The summed E-state index contributed by atoms with van der Waals surface area (Å²) in [5.74, 6) is -3.39. The van der Waals surface area contributed by atoms with E-state index in [9.17, 15) is 26.4 Å². The van der Waals surface area contributed by atoms with Crippen LogP contribution in [0.4, 0.5) is 13.2 Å². The van der Waals surface area contributed by atoms with E-state index in [2.05, 4.69) is 40.6 Å². The molecule has 0 bridgehead atoms. The van der Waals surface area contributed by atoms with Gasteiger partial charge in [0.1, 0.15) is 23.2 Å². The van der Waals surface area contributed by atoms with E-state index in [-0.39, 0.29) is 6.42 Å². The van der Waals surface area contributed by atoms with Crippen molar-refractivity contribution in [1.82, 2.24) is 0 Å². The molecule has 0 amide bonds. The highest BCUT2D eigenvalue weighted by molar-refractivity contribution is 7.95. The van der Waals surface area contributed by atoms with E-state index in [4.69, 9.17) is 0 Å². The van der Waals surface area contributed by atoms with Crippen LogP contribution in [-0.4, -0.2) is 32.5 Å². The molecule has 0 heterocycles. The van der Waals surface area contributed by atoms with Gasteiger partial charge in [-0.3, -0.25) is 0 Å². The Morgan fingerprint density at radius 2 is 1.12 bits per heavy atom. The number of rotatable bonds is 9. The first-order valence-electron chi connectivity index (χ1n) is 10.2. The molecule has 3 rings (SSSR count). The maximum Gasteiger partial charge on any atom is 0.492 e. The fourth-order valence-corrected chi connectivity index (χ4v) is 9.09. The van der Waals surface area contributed by atoms with E-state index in [1.54, 1.807) is 0 Å². The molecule has 0 saturated carbocycles. The average Bonchev–Trinajstić information content (AvgIpc) is 2.80. The minimum absolute atomic E-state index is 0.0573. The predicted octanol–water partition coefficient (Wildman–Crippen LogP) is 4.20. The fourth-order valence-electron chi connectivity index (χ4n) is 3.71. The Kier molecular flexibility index (Phi) is 7.92. The number of hydrogen-bond acceptors (Lipinski definition) is 4. The summed E-state index contributed by atoms with van der Waals surface area (Å²) < 4.78 is 64.5. The lowest BCUT2D eigenvalue weighted by Gasteiger charge is -2.27. The van der Waals surface area contributed by atoms with Crippen molar-refractivity contribution in [3.8, 4) is 0 Å². The van der Waals surface area contributed by atoms with Crippen molar-refractivity contribution in [2.24, 2.45) is 0 Å². The molecule has 0 aliphatic rings. The van der Waals surface area contributed by atoms with Crippen LogP contribution in [0.1, 0.15) is 12.8 Å². The maximum absolute atomic E-state index is 12.4. The van der Waals surface area contributed by atoms with Crippen LogP contribution in [0.5, 0.6) is 0 Å². The highest BCUT2D eigenvalue weighted by Crippen LogP contribution is 2.55. The molecule has 0 spiro atoms. The van der Waals surface area contributed by atoms with E-state index >= 15 is 0 Å². The molecule has 9 heteroatoms. The minimum Gasteiger partial charge on any atom is -0.338 e. The van der Waals surface area contributed by atoms with Crippen molar-refractivity contribution in [3.05, 3.63) is 91.0 Å². The molecular weight excluding hydrogens is 472 g/mol. The van der Waals surface area contributed by atoms with E-state index in [1.807, 2.05) is 54.6 Å². The number of carbonyl (C=O) groups excluding carboxylic acids is 1. The van der Waals surface area contributed by atoms with Gasteiger partial charge in [-0.25, -0.2) is 4.79 Å². The molecule has 4 nitrogen and oxygen atoms in total. The van der Waals surface area contributed by atoms with Crippen molar-refractivity contribution in [1.29, 1.82) is 0 Å². The van der Waals surface area contributed by atoms with Crippen LogP contribution in [0.2, 0.25) is 0 Å². The van der Waals surface area contributed by atoms with Crippen LogP contribution in [0.15, 0.2) is 91.0 Å². The summed E-state index contributed by atoms with van der Waals surface area (Å²) in [5.41, 5.74) is 0. The molecule has 0 atom stereocenters. The van der Waals surface area contributed by atoms with Crippen molar-refractivity contribution in [3.63, 3.8) is 0 Å². The smallest absolute Gasteiger partial charge is 0.338 e. The van der Waals surface area contributed by atoms with Gasteiger partial charge in [-0.2, -0.15) is 21.6 Å². The van der Waals surface area contributed by atoms with Crippen LogP contribution >= 0.6 is 7.26 Å². The summed E-state index contributed by atoms with van der Waals surface area (Å²) in [6.07, 6.45) is -4.29. The Bertz CT molecular complexity index is 1060. The van der Waals surface area contributed by atoms with Crippen LogP contribution in [0.3, 0.4) is 0 Å². The molecule has 3 aromatic rings. The second-order valence-corrected chi connectivity index (χ2v) is 12.7. The minimum atomic E-state index is -5.36. The lowest BCUT2D eigenvalue weighted by atomic mass is 10.3. The highest BCUT2D eigenvalue weighted by atomic mass is 32.2. The first-order valence-corrected chi connectivity index (χ1v) is 13.8. The molecule has 0 N–H and O–H groups in total. The molecule has 174 valence electrons. The van der Waals surface area contributed by atoms with E-state index in [0.29, 0.717) is 12.6 Å². The van der Waals surface area contributed by atoms with Gasteiger partial charge in [0.15, 0.2) is 0 Å². The SMILES string of the molecule is O=C(OS(=O)(=O)CCCC[P+](c1ccccc1)(c1ccccc1)c1ccccc1)C(F)(F)F. The number of carbonyl (C=O) groups is 1. The fraction of sp³-hybridized carbons (Fsp3) is 0.208. The van der Waals surface area contributed by atoms with Gasteiger partial charge >= 0.3 is 22.3 Å². The predicted molar refractivity (Wildman–Crippen MR) is 125 cm³/mol. The monoisotopic (exact) mass is 495 g/mol. The lowest BCUT2D eigenvalue weighted by Crippen LogP contribution is -2.33. The van der Waals surface area contributed by atoms with Gasteiger partial charge in [-0.15, -0.1) is 0 Å². The lowest BCUT2D eigenvalue weighted by molar-refractivity contribution is -0.189. The van der Waals surface area contributed by atoms with Crippen molar-refractivity contribution >= 4 is 39.3 Å². The van der Waals surface area contributed by atoms with Crippen LogP contribution in [0, 0.1) is 0 Å². The first-order chi connectivity index (χ1) is 15.7. The third-order valence-corrected chi connectivity index (χ3v) is 10.9. The van der Waals surface area contributed by atoms with Crippen molar-refractivity contribution in [2.75, 3.05) is 11.9 Å². The van der Waals surface area contributed by atoms with Gasteiger partial charge in [0.05, 0.1) is 11.9 Å². The number of benzene rings is 3. The molecule has 33 heavy (non-hydrogen) atoms. The maximum atomic E-state index is 12.4. The molecule has 0 radical (unpaired) electrons. The third kappa shape index (κ3) is 6.21. The average molecular weight is 495 g/mol. The van der Waals surface area contributed by atoms with E-state index < -0.39 is 35.3 Å². The van der Waals surface area contributed by atoms with Gasteiger partial charge in [0.25, 0.3) is 0 Å². The molecule has 0 aromatic heterocycles. The topological polar surface area (TPSA) is 60.4 Å². The van der Waals surface area contributed by atoms with Crippen molar-refractivity contribution < 1.29 is 30.6 Å². The Morgan fingerprint density at radius 3 is 1.48 bits per heavy atom. The summed E-state index contributed by atoms with van der Waals surface area (Å²) in [6.45, 7) is 0. The quantitative estimate of drug-likeness (QED) is 0.254. The number of hydrogen-bond donors (Lipinski definition) is 0. The largest absolute Gasteiger partial charge is 0.492 e. The van der Waals surface area contributed by atoms with Crippen LogP contribution in [-0.2, 0) is 19.1 Å². The normalized spacial score (nSPS) is 12.3. The second-order valence-electron chi connectivity index (χ2n) is 7.38. The van der Waals surface area contributed by atoms with Gasteiger partial charge in [-0.05, 0) is 49.2 Å². The number of unbranched alkanes of at least 4 members (excludes halogenated alkanes) is 1. The second kappa shape index (κ2) is 10.5. The Morgan fingerprint density at radius 1 is 0.727 bits per heavy atom. The van der Waals surface area contributed by atoms with Crippen molar-refractivity contribution in [2.45, 2.75) is 19.0 Å². The summed E-state index contributed by atoms with van der Waals surface area (Å²) in [7, 11) is -6.80. The van der Waals surface area contributed by atoms with Gasteiger partial charge < -0.3 is 4.18 Å². The zero-order valence-corrected chi connectivity index (χ0v) is 19.3. The summed E-state index contributed by atoms with van der Waals surface area (Å²) in [6, 6.07) is 29.8. The molecular formula is C24H23F3O4PS+. The Balaban J connectivity index is 1.88. The highest BCUT2D eigenvalue weighted by Gasteiger charge is 2.45. The summed E-state index contributed by atoms with van der Waals surface area (Å²) in [4.78, 5) is 10.9. The number of alkyl halides is 3. The summed E-state index contributed by atoms with van der Waals surface area (Å²) in [5, 5.41) is 3.36. The number of halogens is 3. The Labute approximate surface area is 191 Å². The molecule has 0 aliphatic heterocycles. The Hall–Kier alpha value is -2.70. The summed E-state index contributed by atoms with van der Waals surface area (Å²) >= 11 is 0. The first kappa shape index (κ1) is 24.9. The molecule has 0 saturated heterocycles. The van der Waals surface area contributed by atoms with Crippen LogP contribution < -0.4 is 15.9 Å². The van der Waals surface area contributed by atoms with Crippen LogP contribution in [0.25, 0.3) is 0 Å². The zero-order chi connectivity index (χ0) is 24.0. The standard InChI is InChI=1S/C24H23F3O4PS/c25-24(26,27)23(28)31-33(29,30)19-11-10-18-32(20-12-4-1-5-13-20,21-14-6-2-7-15-21)22-16-8-3-9-17-22/h1-9,12-17H,10-11,18-19H2/q+1. The zero-order valence-electron chi connectivity index (χ0n) is 17.6. The molecule has 0 fully saturated rings. The third-order valence-electron chi connectivity index (χ3n) is 5.16. The van der Waals surface area contributed by atoms with Gasteiger partial charge in [0, 0.05) is 0 Å². The molecule has 3 aromatic carbocycles.